The third-order valence-electron chi connectivity index (χ3n) is 4.25. The molecular weight excluding hydrogens is 466 g/mol. The van der Waals surface area contributed by atoms with Crippen LogP contribution in [0.1, 0.15) is 5.56 Å². The molecule has 30 heavy (non-hydrogen) atoms. The molecule has 156 valence electrons. The second-order valence-corrected chi connectivity index (χ2v) is 7.71. The van der Waals surface area contributed by atoms with Crippen molar-refractivity contribution >= 4 is 33.5 Å². The van der Waals surface area contributed by atoms with Crippen molar-refractivity contribution in [3.8, 4) is 28.5 Å². The molecule has 0 aliphatic carbocycles. The van der Waals surface area contributed by atoms with Crippen molar-refractivity contribution in [2.24, 2.45) is 10.1 Å². The van der Waals surface area contributed by atoms with E-state index in [-0.39, 0.29) is 0 Å². The van der Waals surface area contributed by atoms with Gasteiger partial charge in [-0.05, 0) is 6.07 Å². The zero-order valence-corrected chi connectivity index (χ0v) is 19.4. The summed E-state index contributed by atoms with van der Waals surface area (Å²) in [6, 6.07) is 11.6. The van der Waals surface area contributed by atoms with Crippen LogP contribution in [0.2, 0.25) is 0 Å². The summed E-state index contributed by atoms with van der Waals surface area (Å²) in [6.45, 7) is 4.25. The van der Waals surface area contributed by atoms with Gasteiger partial charge in [-0.25, -0.2) is 4.68 Å². The Morgan fingerprint density at radius 2 is 1.80 bits per heavy atom. The van der Waals surface area contributed by atoms with Gasteiger partial charge >= 0.3 is 0 Å². The topological polar surface area (TPSA) is 57.3 Å². The molecule has 3 aromatic rings. The van der Waals surface area contributed by atoms with Crippen LogP contribution in [-0.2, 0) is 0 Å². The van der Waals surface area contributed by atoms with Crippen LogP contribution in [0.5, 0.6) is 17.2 Å². The van der Waals surface area contributed by atoms with Gasteiger partial charge in [0.25, 0.3) is 0 Å². The molecule has 6 nitrogen and oxygen atoms in total. The van der Waals surface area contributed by atoms with E-state index in [4.69, 9.17) is 19.3 Å². The average Bonchev–Trinajstić information content (AvgIpc) is 3.18. The summed E-state index contributed by atoms with van der Waals surface area (Å²) in [6.07, 6.45) is 3.46. The molecule has 0 amide bonds. The van der Waals surface area contributed by atoms with Crippen molar-refractivity contribution < 1.29 is 14.2 Å². The Kier molecular flexibility index (Phi) is 7.48. The molecule has 0 N–H and O–H groups in total. The van der Waals surface area contributed by atoms with Crippen LogP contribution >= 0.6 is 27.3 Å². The van der Waals surface area contributed by atoms with Gasteiger partial charge in [-0.3, -0.25) is 4.99 Å². The summed E-state index contributed by atoms with van der Waals surface area (Å²) in [7, 11) is 4.79. The number of nitrogens with zero attached hydrogens (tertiary/aromatic N) is 3. The lowest BCUT2D eigenvalue weighted by atomic mass is 10.1. The van der Waals surface area contributed by atoms with E-state index in [1.54, 1.807) is 50.4 Å². The maximum atomic E-state index is 5.53. The van der Waals surface area contributed by atoms with Gasteiger partial charge in [-0.1, -0.05) is 40.2 Å². The molecule has 0 spiro atoms. The normalized spacial score (nSPS) is 11.7. The molecule has 0 saturated carbocycles. The van der Waals surface area contributed by atoms with Gasteiger partial charge in [0.05, 0.1) is 45.3 Å². The van der Waals surface area contributed by atoms with E-state index in [1.807, 2.05) is 29.6 Å². The smallest absolute Gasteiger partial charge is 0.206 e. The van der Waals surface area contributed by atoms with Crippen LogP contribution in [0.3, 0.4) is 0 Å². The van der Waals surface area contributed by atoms with Gasteiger partial charge in [0.1, 0.15) is 17.2 Å². The summed E-state index contributed by atoms with van der Waals surface area (Å²) in [4.78, 5) is 5.33. The van der Waals surface area contributed by atoms with Gasteiger partial charge in [0, 0.05) is 27.5 Å². The van der Waals surface area contributed by atoms with E-state index in [2.05, 4.69) is 27.5 Å². The number of thiazole rings is 1. The standard InChI is InChI=1S/C22H22BrN3O3S/c1-5-10-24-22-26(19(14-30-22)16-8-6-7-9-18(16)23)25-13-17-20(28-3)11-15(27-2)12-21(17)29-4/h5-9,11-14H,1,10H2,2-4H3. The monoisotopic (exact) mass is 487 g/mol. The van der Waals surface area contributed by atoms with Crippen LogP contribution in [0.25, 0.3) is 11.3 Å². The van der Waals surface area contributed by atoms with Gasteiger partial charge in [0.15, 0.2) is 0 Å². The Bertz CT molecular complexity index is 1110. The molecule has 0 bridgehead atoms. The first-order valence-electron chi connectivity index (χ1n) is 9.04. The highest BCUT2D eigenvalue weighted by molar-refractivity contribution is 9.10. The molecule has 8 heteroatoms. The maximum Gasteiger partial charge on any atom is 0.206 e. The third-order valence-corrected chi connectivity index (χ3v) is 5.79. The number of hydrogen-bond donors (Lipinski definition) is 0. The quantitative estimate of drug-likeness (QED) is 0.332. The number of rotatable bonds is 8. The highest BCUT2D eigenvalue weighted by Crippen LogP contribution is 2.33. The molecule has 0 atom stereocenters. The summed E-state index contributed by atoms with van der Waals surface area (Å²) < 4.78 is 19.2. The molecule has 0 aliphatic rings. The highest BCUT2D eigenvalue weighted by atomic mass is 79.9. The molecule has 0 fully saturated rings. The Morgan fingerprint density at radius 3 is 2.40 bits per heavy atom. The average molecular weight is 488 g/mol. The predicted molar refractivity (Wildman–Crippen MR) is 125 cm³/mol. The molecule has 0 unspecified atom stereocenters. The van der Waals surface area contributed by atoms with E-state index in [1.165, 1.54) is 11.3 Å². The summed E-state index contributed by atoms with van der Waals surface area (Å²) >= 11 is 5.14. The van der Waals surface area contributed by atoms with E-state index in [9.17, 15) is 0 Å². The van der Waals surface area contributed by atoms with Crippen LogP contribution in [0, 0.1) is 0 Å². The first-order chi connectivity index (χ1) is 14.6. The van der Waals surface area contributed by atoms with Crippen molar-refractivity contribution in [1.82, 2.24) is 4.68 Å². The number of hydrogen-bond acceptors (Lipinski definition) is 6. The Balaban J connectivity index is 2.17. The Hall–Kier alpha value is -2.84. The van der Waals surface area contributed by atoms with Crippen molar-refractivity contribution in [3.05, 3.63) is 69.3 Å². The zero-order chi connectivity index (χ0) is 21.5. The molecule has 3 rings (SSSR count). The molecule has 0 saturated heterocycles. The van der Waals surface area contributed by atoms with Gasteiger partial charge in [-0.15, -0.1) is 17.9 Å². The minimum Gasteiger partial charge on any atom is -0.496 e. The summed E-state index contributed by atoms with van der Waals surface area (Å²) in [5.74, 6) is 1.83. The predicted octanol–water partition coefficient (Wildman–Crippen LogP) is 4.97. The number of aromatic nitrogens is 1. The van der Waals surface area contributed by atoms with Crippen LogP contribution in [0.15, 0.2) is 69.0 Å². The second-order valence-electron chi connectivity index (χ2n) is 6.01. The van der Waals surface area contributed by atoms with Crippen LogP contribution in [0.4, 0.5) is 0 Å². The Morgan fingerprint density at radius 1 is 1.10 bits per heavy atom. The van der Waals surface area contributed by atoms with Crippen LogP contribution < -0.4 is 19.0 Å². The molecule has 1 aromatic heterocycles. The number of halogens is 1. The highest BCUT2D eigenvalue weighted by Gasteiger charge is 2.14. The van der Waals surface area contributed by atoms with E-state index in [0.29, 0.717) is 29.4 Å². The first-order valence-corrected chi connectivity index (χ1v) is 10.7. The van der Waals surface area contributed by atoms with Gasteiger partial charge < -0.3 is 14.2 Å². The number of methoxy groups -OCH3 is 3. The lowest BCUT2D eigenvalue weighted by Crippen LogP contribution is -2.13. The number of benzene rings is 2. The Labute approximate surface area is 187 Å². The molecule has 0 radical (unpaired) electrons. The van der Waals surface area contributed by atoms with E-state index >= 15 is 0 Å². The van der Waals surface area contributed by atoms with Crippen molar-refractivity contribution in [2.45, 2.75) is 0 Å². The third kappa shape index (κ3) is 4.66. The van der Waals surface area contributed by atoms with E-state index in [0.717, 1.165) is 20.5 Å². The minimum absolute atomic E-state index is 0.501. The lowest BCUT2D eigenvalue weighted by molar-refractivity contribution is 0.374. The fourth-order valence-corrected chi connectivity index (χ4v) is 4.12. The summed E-state index contributed by atoms with van der Waals surface area (Å²) in [5, 5.41) is 6.76. The van der Waals surface area contributed by atoms with Gasteiger partial charge in [0.2, 0.25) is 4.80 Å². The fraction of sp³-hybridized carbons (Fsp3) is 0.182. The first kappa shape index (κ1) is 21.9. The summed E-state index contributed by atoms with van der Waals surface area (Å²) in [5.41, 5.74) is 2.63. The SMILES string of the molecule is C=CCN=c1scc(-c2ccccc2Br)n1N=Cc1c(OC)cc(OC)cc1OC. The molecular formula is C22H22BrN3O3S. The van der Waals surface area contributed by atoms with E-state index < -0.39 is 0 Å². The molecule has 2 aromatic carbocycles. The lowest BCUT2D eigenvalue weighted by Gasteiger charge is -2.12. The zero-order valence-electron chi connectivity index (χ0n) is 17.0. The second kappa shape index (κ2) is 10.3. The van der Waals surface area contributed by atoms with Crippen molar-refractivity contribution in [3.63, 3.8) is 0 Å². The maximum absolute atomic E-state index is 5.53. The largest absolute Gasteiger partial charge is 0.496 e. The number of ether oxygens (including phenoxy) is 3. The molecule has 0 aliphatic heterocycles. The van der Waals surface area contributed by atoms with Gasteiger partial charge in [-0.2, -0.15) is 5.10 Å². The fourth-order valence-electron chi connectivity index (χ4n) is 2.79. The molecule has 1 heterocycles. The minimum atomic E-state index is 0.501. The van der Waals surface area contributed by atoms with Crippen molar-refractivity contribution in [1.29, 1.82) is 0 Å². The van der Waals surface area contributed by atoms with Crippen LogP contribution in [-0.4, -0.2) is 38.8 Å². The van der Waals surface area contributed by atoms with Crippen molar-refractivity contribution in [2.75, 3.05) is 27.9 Å².